The molecule has 1 fully saturated rings. The minimum atomic E-state index is -1.04. The van der Waals surface area contributed by atoms with E-state index in [9.17, 15) is 19.2 Å². The van der Waals surface area contributed by atoms with Crippen LogP contribution < -0.4 is 5.32 Å². The van der Waals surface area contributed by atoms with E-state index in [1.165, 1.54) is 11.9 Å². The van der Waals surface area contributed by atoms with Gasteiger partial charge in [0, 0.05) is 13.5 Å². The Hall–Kier alpha value is -2.32. The molecule has 0 saturated carbocycles. The molecule has 0 aliphatic carbocycles. The summed E-state index contributed by atoms with van der Waals surface area (Å²) in [4.78, 5) is 49.2. The maximum atomic E-state index is 12.4. The van der Waals surface area contributed by atoms with Gasteiger partial charge in [-0.05, 0) is 13.8 Å². The molecule has 0 radical (unpaired) electrons. The molecule has 0 unspecified atom stereocenters. The molecule has 1 rings (SSSR count). The molecular weight excluding hydrogens is 306 g/mol. The standard InChI is InChI=1S/C14H23N3O6/c1-5-10(18)22-8-6-16-11(19)14(2,3)17(13(16)21)7-9-23-12(20)15-4/h5-9H2,1-4H3,(H,15,20). The lowest BCUT2D eigenvalue weighted by molar-refractivity contribution is -0.144. The second kappa shape index (κ2) is 7.80. The molecule has 9 heteroatoms. The molecule has 0 aromatic carbocycles. The van der Waals surface area contributed by atoms with Crippen molar-refractivity contribution in [3.05, 3.63) is 0 Å². The highest BCUT2D eigenvalue weighted by atomic mass is 16.5. The zero-order chi connectivity index (χ0) is 17.6. The number of rotatable bonds is 7. The van der Waals surface area contributed by atoms with Crippen molar-refractivity contribution in [3.63, 3.8) is 0 Å². The summed E-state index contributed by atoms with van der Waals surface area (Å²) in [6.45, 7) is 4.92. The molecule has 1 aliphatic rings. The smallest absolute Gasteiger partial charge is 0.406 e. The summed E-state index contributed by atoms with van der Waals surface area (Å²) in [6.07, 6.45) is -0.375. The van der Waals surface area contributed by atoms with Gasteiger partial charge in [0.2, 0.25) is 0 Å². The molecule has 4 amide bonds. The van der Waals surface area contributed by atoms with E-state index >= 15 is 0 Å². The van der Waals surface area contributed by atoms with Crippen molar-refractivity contribution in [2.75, 3.05) is 33.4 Å². The molecule has 9 nitrogen and oxygen atoms in total. The Morgan fingerprint density at radius 2 is 1.74 bits per heavy atom. The first kappa shape index (κ1) is 18.7. The first-order valence-electron chi connectivity index (χ1n) is 7.39. The molecule has 0 aromatic rings. The minimum absolute atomic E-state index is 0.000357. The lowest BCUT2D eigenvalue weighted by Crippen LogP contribution is -2.46. The molecule has 0 bridgehead atoms. The average molecular weight is 329 g/mol. The molecule has 23 heavy (non-hydrogen) atoms. The lowest BCUT2D eigenvalue weighted by atomic mass is 10.0. The van der Waals surface area contributed by atoms with Crippen molar-refractivity contribution in [2.45, 2.75) is 32.7 Å². The van der Waals surface area contributed by atoms with Gasteiger partial charge in [0.15, 0.2) is 0 Å². The molecule has 1 saturated heterocycles. The molecular formula is C14H23N3O6. The number of alkyl carbamates (subject to hydrolysis) is 1. The van der Waals surface area contributed by atoms with E-state index in [0.29, 0.717) is 0 Å². The summed E-state index contributed by atoms with van der Waals surface area (Å²) in [5.41, 5.74) is -1.04. The number of imide groups is 1. The van der Waals surface area contributed by atoms with E-state index < -0.39 is 17.7 Å². The fourth-order valence-electron chi connectivity index (χ4n) is 2.14. The van der Waals surface area contributed by atoms with Crippen LogP contribution in [-0.2, 0) is 19.1 Å². The minimum Gasteiger partial charge on any atom is -0.464 e. The predicted octanol–water partition coefficient (Wildman–Crippen LogP) is 0.338. The maximum Gasteiger partial charge on any atom is 0.406 e. The van der Waals surface area contributed by atoms with E-state index in [1.807, 2.05) is 0 Å². The zero-order valence-corrected chi connectivity index (χ0v) is 13.9. The van der Waals surface area contributed by atoms with Crippen molar-refractivity contribution in [2.24, 2.45) is 0 Å². The van der Waals surface area contributed by atoms with E-state index in [-0.39, 0.29) is 44.6 Å². The van der Waals surface area contributed by atoms with E-state index in [1.54, 1.807) is 20.8 Å². The summed E-state index contributed by atoms with van der Waals surface area (Å²) in [5, 5.41) is 2.29. The number of nitrogens with one attached hydrogen (secondary N) is 1. The first-order chi connectivity index (χ1) is 10.8. The Kier molecular flexibility index (Phi) is 6.35. The number of urea groups is 1. The third-order valence-electron chi connectivity index (χ3n) is 3.52. The Morgan fingerprint density at radius 1 is 1.13 bits per heavy atom. The van der Waals surface area contributed by atoms with Crippen molar-refractivity contribution in [1.82, 2.24) is 15.1 Å². The number of carbonyl (C=O) groups excluding carboxylic acids is 4. The van der Waals surface area contributed by atoms with Crippen molar-refractivity contribution in [3.8, 4) is 0 Å². The topological polar surface area (TPSA) is 105 Å². The van der Waals surface area contributed by atoms with E-state index in [0.717, 1.165) is 4.90 Å². The molecule has 0 spiro atoms. The molecule has 1 heterocycles. The van der Waals surface area contributed by atoms with Crippen molar-refractivity contribution >= 4 is 24.0 Å². The SMILES string of the molecule is CCC(=O)OCCN1C(=O)N(CCOC(=O)NC)C(C)(C)C1=O. The largest absolute Gasteiger partial charge is 0.464 e. The van der Waals surface area contributed by atoms with Crippen LogP contribution in [-0.4, -0.2) is 72.7 Å². The van der Waals surface area contributed by atoms with Crippen LogP contribution in [0, 0.1) is 0 Å². The number of hydrogen-bond acceptors (Lipinski definition) is 6. The first-order valence-corrected chi connectivity index (χ1v) is 7.39. The summed E-state index contributed by atoms with van der Waals surface area (Å²) in [5.74, 6) is -0.769. The Balaban J connectivity index is 2.63. The summed E-state index contributed by atoms with van der Waals surface area (Å²) >= 11 is 0. The van der Waals surface area contributed by atoms with Crippen LogP contribution in [0.1, 0.15) is 27.2 Å². The third-order valence-corrected chi connectivity index (χ3v) is 3.52. The molecule has 130 valence electrons. The number of nitrogens with zero attached hydrogens (tertiary/aromatic N) is 2. The quantitative estimate of drug-likeness (QED) is 0.533. The lowest BCUT2D eigenvalue weighted by Gasteiger charge is -2.27. The van der Waals surface area contributed by atoms with Crippen LogP contribution in [0.5, 0.6) is 0 Å². The van der Waals surface area contributed by atoms with Gasteiger partial charge in [0.1, 0.15) is 18.8 Å². The number of amides is 4. The normalized spacial score (nSPS) is 16.5. The van der Waals surface area contributed by atoms with Crippen molar-refractivity contribution < 1.29 is 28.7 Å². The van der Waals surface area contributed by atoms with Crippen LogP contribution in [0.4, 0.5) is 9.59 Å². The fraction of sp³-hybridized carbons (Fsp3) is 0.714. The fourth-order valence-corrected chi connectivity index (χ4v) is 2.14. The Bertz CT molecular complexity index is 491. The predicted molar refractivity (Wildman–Crippen MR) is 79.6 cm³/mol. The molecule has 1 aliphatic heterocycles. The number of carbonyl (C=O) groups is 4. The van der Waals surface area contributed by atoms with Gasteiger partial charge < -0.3 is 19.7 Å². The van der Waals surface area contributed by atoms with Gasteiger partial charge in [0.25, 0.3) is 5.91 Å². The van der Waals surface area contributed by atoms with Crippen LogP contribution in [0.3, 0.4) is 0 Å². The number of esters is 1. The summed E-state index contributed by atoms with van der Waals surface area (Å²) < 4.78 is 9.75. The van der Waals surface area contributed by atoms with Gasteiger partial charge in [-0.25, -0.2) is 9.59 Å². The Labute approximate surface area is 134 Å². The molecule has 1 N–H and O–H groups in total. The number of hydrogen-bond donors (Lipinski definition) is 1. The zero-order valence-electron chi connectivity index (χ0n) is 13.9. The van der Waals surface area contributed by atoms with Crippen LogP contribution in [0.25, 0.3) is 0 Å². The number of ether oxygens (including phenoxy) is 2. The highest BCUT2D eigenvalue weighted by Gasteiger charge is 2.50. The monoisotopic (exact) mass is 329 g/mol. The van der Waals surface area contributed by atoms with Gasteiger partial charge >= 0.3 is 18.1 Å². The molecule has 0 atom stereocenters. The maximum absolute atomic E-state index is 12.4. The van der Waals surface area contributed by atoms with Gasteiger partial charge in [0.05, 0.1) is 13.1 Å². The van der Waals surface area contributed by atoms with Crippen LogP contribution >= 0.6 is 0 Å². The summed E-state index contributed by atoms with van der Waals surface area (Å²) in [7, 11) is 1.43. The van der Waals surface area contributed by atoms with E-state index in [2.05, 4.69) is 5.32 Å². The van der Waals surface area contributed by atoms with Crippen molar-refractivity contribution in [1.29, 1.82) is 0 Å². The van der Waals surface area contributed by atoms with Crippen LogP contribution in [0.2, 0.25) is 0 Å². The highest BCUT2D eigenvalue weighted by molar-refractivity contribution is 6.06. The average Bonchev–Trinajstić information content (AvgIpc) is 2.68. The van der Waals surface area contributed by atoms with Gasteiger partial charge in [-0.3, -0.25) is 14.5 Å². The van der Waals surface area contributed by atoms with Gasteiger partial charge in [-0.1, -0.05) is 6.92 Å². The second-order valence-electron chi connectivity index (χ2n) is 5.41. The van der Waals surface area contributed by atoms with Gasteiger partial charge in [-0.2, -0.15) is 0 Å². The second-order valence-corrected chi connectivity index (χ2v) is 5.41. The summed E-state index contributed by atoms with van der Waals surface area (Å²) in [6, 6.07) is -0.493. The highest BCUT2D eigenvalue weighted by Crippen LogP contribution is 2.27. The van der Waals surface area contributed by atoms with E-state index in [4.69, 9.17) is 9.47 Å². The Morgan fingerprint density at radius 3 is 2.30 bits per heavy atom. The molecule has 0 aromatic heterocycles. The van der Waals surface area contributed by atoms with Crippen LogP contribution in [0.15, 0.2) is 0 Å². The van der Waals surface area contributed by atoms with Gasteiger partial charge in [-0.15, -0.1) is 0 Å². The third kappa shape index (κ3) is 4.33.